The third-order valence-electron chi connectivity index (χ3n) is 2.63. The Balaban J connectivity index is 1.80. The van der Waals surface area contributed by atoms with Crippen molar-refractivity contribution in [2.45, 2.75) is 6.54 Å². The maximum absolute atomic E-state index is 11.0. The van der Waals surface area contributed by atoms with E-state index in [2.05, 4.69) is 15.3 Å². The molecule has 0 fully saturated rings. The fourth-order valence-corrected chi connectivity index (χ4v) is 2.33. The molecule has 2 heterocycles. The molecule has 2 aromatic heterocycles. The normalized spacial score (nSPS) is 10.7. The van der Waals surface area contributed by atoms with Crippen molar-refractivity contribution in [2.24, 2.45) is 0 Å². The number of H-pyrrole nitrogens is 1. The fourth-order valence-electron chi connectivity index (χ4n) is 1.75. The zero-order valence-electron chi connectivity index (χ0n) is 9.51. The average molecular weight is 257 g/mol. The van der Waals surface area contributed by atoms with Crippen LogP contribution in [0.1, 0.15) is 5.69 Å². The van der Waals surface area contributed by atoms with Crippen LogP contribution in [0.5, 0.6) is 0 Å². The van der Waals surface area contributed by atoms with E-state index in [4.69, 9.17) is 0 Å². The van der Waals surface area contributed by atoms with Crippen LogP contribution in [0, 0.1) is 0 Å². The van der Waals surface area contributed by atoms with Gasteiger partial charge in [-0.2, -0.15) is 0 Å². The number of pyridine rings is 1. The maximum Gasteiger partial charge on any atom is 0.304 e. The molecule has 18 heavy (non-hydrogen) atoms. The summed E-state index contributed by atoms with van der Waals surface area (Å²) in [5.41, 5.74) is 1.83. The maximum atomic E-state index is 11.0. The Kier molecular flexibility index (Phi) is 2.82. The zero-order valence-corrected chi connectivity index (χ0v) is 10.3. The lowest BCUT2D eigenvalue weighted by Gasteiger charge is -2.05. The van der Waals surface area contributed by atoms with Crippen molar-refractivity contribution in [3.05, 3.63) is 57.1 Å². The molecule has 0 aliphatic rings. The lowest BCUT2D eigenvalue weighted by molar-refractivity contribution is 1.05. The predicted molar refractivity (Wildman–Crippen MR) is 74.0 cm³/mol. The molecular weight excluding hydrogens is 246 g/mol. The largest absolute Gasteiger partial charge is 0.364 e. The van der Waals surface area contributed by atoms with E-state index in [9.17, 15) is 4.79 Å². The van der Waals surface area contributed by atoms with Gasteiger partial charge in [-0.05, 0) is 18.2 Å². The molecule has 2 N–H and O–H groups in total. The number of anilines is 1. The van der Waals surface area contributed by atoms with Gasteiger partial charge < -0.3 is 10.3 Å². The fraction of sp³-hybridized carbons (Fsp3) is 0.0769. The van der Waals surface area contributed by atoms with E-state index in [1.807, 2.05) is 41.8 Å². The molecule has 3 rings (SSSR count). The van der Waals surface area contributed by atoms with Crippen molar-refractivity contribution in [2.75, 3.05) is 5.32 Å². The molecule has 0 atom stereocenters. The number of hydrogen-bond donors (Lipinski definition) is 2. The van der Waals surface area contributed by atoms with Gasteiger partial charge in [0.05, 0.1) is 12.1 Å². The van der Waals surface area contributed by atoms with Crippen molar-refractivity contribution < 1.29 is 0 Å². The number of aromatic amines is 1. The summed E-state index contributed by atoms with van der Waals surface area (Å²) in [4.78, 5) is 18.2. The summed E-state index contributed by atoms with van der Waals surface area (Å²) >= 11 is 1.17. The minimum atomic E-state index is -0.0294. The van der Waals surface area contributed by atoms with Crippen LogP contribution in [-0.2, 0) is 6.54 Å². The number of hydrogen-bond acceptors (Lipinski definition) is 4. The highest BCUT2D eigenvalue weighted by Gasteiger charge is 1.99. The summed E-state index contributed by atoms with van der Waals surface area (Å²) in [6, 6.07) is 11.9. The number of benzene rings is 1. The Morgan fingerprint density at radius 1 is 1.22 bits per heavy atom. The zero-order chi connectivity index (χ0) is 12.4. The first-order valence-electron chi connectivity index (χ1n) is 5.57. The van der Waals surface area contributed by atoms with Crippen LogP contribution in [0.2, 0.25) is 0 Å². The molecule has 0 unspecified atom stereocenters. The summed E-state index contributed by atoms with van der Waals surface area (Å²) < 4.78 is 0. The molecule has 1 aromatic carbocycles. The second kappa shape index (κ2) is 4.62. The van der Waals surface area contributed by atoms with Crippen LogP contribution in [0.15, 0.2) is 46.6 Å². The Bertz CT molecular complexity index is 732. The van der Waals surface area contributed by atoms with E-state index in [1.54, 1.807) is 0 Å². The standard InChI is InChI=1S/C13H11N3OS/c17-13-15-10(8-18-13)7-14-12-6-5-9-3-1-2-4-11(9)16-12/h1-6,8H,7H2,(H,14,16)(H,15,17). The van der Waals surface area contributed by atoms with E-state index in [-0.39, 0.29) is 4.87 Å². The highest BCUT2D eigenvalue weighted by atomic mass is 32.1. The molecule has 0 saturated carbocycles. The van der Waals surface area contributed by atoms with Gasteiger partial charge in [-0.25, -0.2) is 4.98 Å². The van der Waals surface area contributed by atoms with Crippen LogP contribution in [0.3, 0.4) is 0 Å². The number of nitrogens with zero attached hydrogens (tertiary/aromatic N) is 1. The number of nitrogens with one attached hydrogen (secondary N) is 2. The van der Waals surface area contributed by atoms with Crippen molar-refractivity contribution >= 4 is 28.1 Å². The molecule has 90 valence electrons. The van der Waals surface area contributed by atoms with Crippen LogP contribution < -0.4 is 10.2 Å². The Labute approximate surface area is 107 Å². The molecule has 4 nitrogen and oxygen atoms in total. The van der Waals surface area contributed by atoms with Crippen LogP contribution in [-0.4, -0.2) is 9.97 Å². The lowest BCUT2D eigenvalue weighted by Crippen LogP contribution is -2.03. The van der Waals surface area contributed by atoms with Gasteiger partial charge in [0.1, 0.15) is 5.82 Å². The highest BCUT2D eigenvalue weighted by molar-refractivity contribution is 7.07. The molecule has 0 radical (unpaired) electrons. The van der Waals surface area contributed by atoms with E-state index < -0.39 is 0 Å². The molecule has 0 bridgehead atoms. The minimum absolute atomic E-state index is 0.0294. The molecular formula is C13H11N3OS. The first-order valence-corrected chi connectivity index (χ1v) is 6.45. The van der Waals surface area contributed by atoms with Crippen LogP contribution in [0.25, 0.3) is 10.9 Å². The molecule has 0 aliphatic heterocycles. The predicted octanol–water partition coefficient (Wildman–Crippen LogP) is 2.60. The smallest absolute Gasteiger partial charge is 0.304 e. The topological polar surface area (TPSA) is 57.8 Å². The van der Waals surface area contributed by atoms with E-state index >= 15 is 0 Å². The molecule has 0 amide bonds. The Hall–Kier alpha value is -2.14. The number of para-hydroxylation sites is 1. The SMILES string of the molecule is O=c1[nH]c(CNc2ccc3ccccc3n2)cs1. The number of aromatic nitrogens is 2. The second-order valence-corrected chi connectivity index (χ2v) is 4.76. The summed E-state index contributed by atoms with van der Waals surface area (Å²) in [6.07, 6.45) is 0. The quantitative estimate of drug-likeness (QED) is 0.758. The van der Waals surface area contributed by atoms with Gasteiger partial charge in [-0.15, -0.1) is 0 Å². The molecule has 0 saturated heterocycles. The van der Waals surface area contributed by atoms with Crippen molar-refractivity contribution in [1.82, 2.24) is 9.97 Å². The number of fused-ring (bicyclic) bond motifs is 1. The summed E-state index contributed by atoms with van der Waals surface area (Å²) in [7, 11) is 0. The van der Waals surface area contributed by atoms with Gasteiger partial charge in [-0.1, -0.05) is 29.5 Å². The number of thiazole rings is 1. The molecule has 5 heteroatoms. The summed E-state index contributed by atoms with van der Waals surface area (Å²) in [5, 5.41) is 6.13. The van der Waals surface area contributed by atoms with Gasteiger partial charge in [0, 0.05) is 16.5 Å². The number of rotatable bonds is 3. The van der Waals surface area contributed by atoms with E-state index in [0.717, 1.165) is 22.4 Å². The monoisotopic (exact) mass is 257 g/mol. The van der Waals surface area contributed by atoms with Gasteiger partial charge in [0.25, 0.3) is 0 Å². The third-order valence-corrected chi connectivity index (χ3v) is 3.35. The third kappa shape index (κ3) is 2.26. The second-order valence-electron chi connectivity index (χ2n) is 3.92. The molecule has 3 aromatic rings. The summed E-state index contributed by atoms with van der Waals surface area (Å²) in [6.45, 7) is 0.573. The average Bonchev–Trinajstić information content (AvgIpc) is 2.82. The molecule has 0 spiro atoms. The lowest BCUT2D eigenvalue weighted by atomic mass is 10.2. The van der Waals surface area contributed by atoms with Crippen LogP contribution >= 0.6 is 11.3 Å². The minimum Gasteiger partial charge on any atom is -0.364 e. The highest BCUT2D eigenvalue weighted by Crippen LogP contribution is 2.14. The Morgan fingerprint density at radius 3 is 2.94 bits per heavy atom. The first-order chi connectivity index (χ1) is 8.81. The van der Waals surface area contributed by atoms with E-state index in [0.29, 0.717) is 6.54 Å². The van der Waals surface area contributed by atoms with Gasteiger partial charge in [-0.3, -0.25) is 4.79 Å². The first kappa shape index (κ1) is 11.0. The molecule has 0 aliphatic carbocycles. The Morgan fingerprint density at radius 2 is 2.11 bits per heavy atom. The van der Waals surface area contributed by atoms with E-state index in [1.165, 1.54) is 11.3 Å². The van der Waals surface area contributed by atoms with Crippen molar-refractivity contribution in [3.8, 4) is 0 Å². The van der Waals surface area contributed by atoms with Crippen molar-refractivity contribution in [1.29, 1.82) is 0 Å². The van der Waals surface area contributed by atoms with Gasteiger partial charge in [0.2, 0.25) is 0 Å². The van der Waals surface area contributed by atoms with Crippen LogP contribution in [0.4, 0.5) is 5.82 Å². The van der Waals surface area contributed by atoms with Gasteiger partial charge >= 0.3 is 4.87 Å². The van der Waals surface area contributed by atoms with Gasteiger partial charge in [0.15, 0.2) is 0 Å². The van der Waals surface area contributed by atoms with Crippen molar-refractivity contribution in [3.63, 3.8) is 0 Å². The summed E-state index contributed by atoms with van der Waals surface area (Å²) in [5.74, 6) is 0.806.